The lowest BCUT2D eigenvalue weighted by molar-refractivity contribution is 0.0697. The topological polar surface area (TPSA) is 71.5 Å². The Kier molecular flexibility index (Phi) is 6.29. The summed E-state index contributed by atoms with van der Waals surface area (Å²) in [5.74, 6) is 0.824. The minimum absolute atomic E-state index is 0.00983. The number of para-hydroxylation sites is 2. The number of hydrogen-bond donors (Lipinski definition) is 1. The molecule has 6 heteroatoms. The number of rotatable bonds is 5. The van der Waals surface area contributed by atoms with Gasteiger partial charge in [0.1, 0.15) is 11.4 Å². The van der Waals surface area contributed by atoms with Crippen molar-refractivity contribution in [1.29, 1.82) is 0 Å². The van der Waals surface area contributed by atoms with E-state index in [2.05, 4.69) is 17.2 Å². The van der Waals surface area contributed by atoms with Crippen LogP contribution in [0.3, 0.4) is 0 Å². The Hall–Kier alpha value is -2.89. The Morgan fingerprint density at radius 1 is 1.18 bits per heavy atom. The van der Waals surface area contributed by atoms with E-state index in [-0.39, 0.29) is 23.6 Å². The van der Waals surface area contributed by atoms with Gasteiger partial charge in [0.15, 0.2) is 0 Å². The van der Waals surface area contributed by atoms with Gasteiger partial charge >= 0.3 is 0 Å². The predicted octanol–water partition coefficient (Wildman–Crippen LogP) is 3.99. The van der Waals surface area contributed by atoms with Crippen molar-refractivity contribution in [2.75, 3.05) is 18.4 Å². The average molecular weight is 381 g/mol. The van der Waals surface area contributed by atoms with Gasteiger partial charge in [0, 0.05) is 24.8 Å². The second-order valence-electron chi connectivity index (χ2n) is 7.52. The lowest BCUT2D eigenvalue weighted by Crippen LogP contribution is -2.38. The van der Waals surface area contributed by atoms with E-state index >= 15 is 0 Å². The first-order chi connectivity index (χ1) is 13.4. The van der Waals surface area contributed by atoms with E-state index in [1.807, 2.05) is 30.9 Å². The largest absolute Gasteiger partial charge is 0.489 e. The summed E-state index contributed by atoms with van der Waals surface area (Å²) in [4.78, 5) is 31.4. The summed E-state index contributed by atoms with van der Waals surface area (Å²) in [6.07, 6.45) is 3.52. The summed E-state index contributed by atoms with van der Waals surface area (Å²) in [5, 5.41) is 2.83. The number of anilines is 1. The molecule has 1 saturated heterocycles. The number of pyridine rings is 1. The van der Waals surface area contributed by atoms with Crippen molar-refractivity contribution in [1.82, 2.24) is 9.88 Å². The van der Waals surface area contributed by atoms with Gasteiger partial charge < -0.3 is 15.0 Å². The van der Waals surface area contributed by atoms with Gasteiger partial charge in [0.25, 0.3) is 11.8 Å². The van der Waals surface area contributed by atoms with Gasteiger partial charge in [-0.25, -0.2) is 0 Å². The first-order valence-electron chi connectivity index (χ1n) is 9.76. The van der Waals surface area contributed by atoms with Crippen molar-refractivity contribution in [3.05, 3.63) is 53.9 Å². The smallest absolute Gasteiger partial charge is 0.274 e. The monoisotopic (exact) mass is 381 g/mol. The SMILES string of the molecule is CC1CCN(C(=O)c2ccnc(C(=O)Nc3ccccc3OC(C)C)c2)CC1. The maximum atomic E-state index is 12.8. The van der Waals surface area contributed by atoms with E-state index in [1.54, 1.807) is 24.3 Å². The van der Waals surface area contributed by atoms with Crippen molar-refractivity contribution in [3.63, 3.8) is 0 Å². The molecule has 0 saturated carbocycles. The van der Waals surface area contributed by atoms with Crippen LogP contribution >= 0.6 is 0 Å². The highest BCUT2D eigenvalue weighted by atomic mass is 16.5. The molecule has 3 rings (SSSR count). The molecule has 28 heavy (non-hydrogen) atoms. The Balaban J connectivity index is 1.73. The van der Waals surface area contributed by atoms with E-state index in [4.69, 9.17) is 4.74 Å². The molecule has 148 valence electrons. The minimum atomic E-state index is -0.373. The van der Waals surface area contributed by atoms with E-state index in [1.165, 1.54) is 6.20 Å². The number of benzene rings is 1. The van der Waals surface area contributed by atoms with E-state index in [0.29, 0.717) is 22.9 Å². The van der Waals surface area contributed by atoms with Crippen molar-refractivity contribution in [2.45, 2.75) is 39.7 Å². The molecular weight excluding hydrogens is 354 g/mol. The number of carbonyl (C=O) groups is 2. The molecule has 0 bridgehead atoms. The molecule has 0 spiro atoms. The van der Waals surface area contributed by atoms with Crippen LogP contribution in [-0.4, -0.2) is 40.9 Å². The third-order valence-electron chi connectivity index (χ3n) is 4.81. The zero-order valence-electron chi connectivity index (χ0n) is 16.6. The molecule has 0 unspecified atom stereocenters. The summed E-state index contributed by atoms with van der Waals surface area (Å²) in [5.41, 5.74) is 1.27. The number of nitrogens with zero attached hydrogens (tertiary/aromatic N) is 2. The summed E-state index contributed by atoms with van der Waals surface area (Å²) in [7, 11) is 0. The first-order valence-corrected chi connectivity index (χ1v) is 9.76. The molecule has 2 heterocycles. The van der Waals surface area contributed by atoms with E-state index < -0.39 is 0 Å². The van der Waals surface area contributed by atoms with Gasteiger partial charge in [-0.15, -0.1) is 0 Å². The molecule has 0 radical (unpaired) electrons. The maximum absolute atomic E-state index is 12.8. The second kappa shape index (κ2) is 8.87. The molecule has 2 aromatic rings. The highest BCUT2D eigenvalue weighted by Crippen LogP contribution is 2.25. The van der Waals surface area contributed by atoms with Gasteiger partial charge in [0.2, 0.25) is 0 Å². The fourth-order valence-electron chi connectivity index (χ4n) is 3.19. The van der Waals surface area contributed by atoms with Gasteiger partial charge in [-0.1, -0.05) is 19.1 Å². The number of hydrogen-bond acceptors (Lipinski definition) is 4. The van der Waals surface area contributed by atoms with Gasteiger partial charge in [0.05, 0.1) is 11.8 Å². The number of nitrogens with one attached hydrogen (secondary N) is 1. The average Bonchev–Trinajstić information content (AvgIpc) is 2.69. The van der Waals surface area contributed by atoms with Gasteiger partial charge in [-0.3, -0.25) is 14.6 Å². The Bertz CT molecular complexity index is 842. The van der Waals surface area contributed by atoms with Crippen molar-refractivity contribution < 1.29 is 14.3 Å². The molecule has 6 nitrogen and oxygen atoms in total. The van der Waals surface area contributed by atoms with Crippen LogP contribution in [0.5, 0.6) is 5.75 Å². The Morgan fingerprint density at radius 2 is 1.89 bits per heavy atom. The second-order valence-corrected chi connectivity index (χ2v) is 7.52. The van der Waals surface area contributed by atoms with Crippen LogP contribution in [0.25, 0.3) is 0 Å². The molecule has 1 aliphatic heterocycles. The van der Waals surface area contributed by atoms with Crippen molar-refractivity contribution >= 4 is 17.5 Å². The lowest BCUT2D eigenvalue weighted by Gasteiger charge is -2.30. The Labute approximate surface area is 165 Å². The van der Waals surface area contributed by atoms with Crippen LogP contribution in [0.2, 0.25) is 0 Å². The first kappa shape index (κ1) is 19.9. The summed E-state index contributed by atoms with van der Waals surface area (Å²) in [6.45, 7) is 7.57. The van der Waals surface area contributed by atoms with Crippen LogP contribution in [-0.2, 0) is 0 Å². The quantitative estimate of drug-likeness (QED) is 0.850. The fourth-order valence-corrected chi connectivity index (χ4v) is 3.19. The zero-order valence-corrected chi connectivity index (χ0v) is 16.6. The minimum Gasteiger partial charge on any atom is -0.489 e. The normalized spacial score (nSPS) is 14.8. The van der Waals surface area contributed by atoms with Crippen molar-refractivity contribution in [3.8, 4) is 5.75 Å². The fraction of sp³-hybridized carbons (Fsp3) is 0.409. The van der Waals surface area contributed by atoms with Crippen LogP contribution in [0.15, 0.2) is 42.6 Å². The molecule has 2 amide bonds. The third kappa shape index (κ3) is 4.88. The zero-order chi connectivity index (χ0) is 20.1. The highest BCUT2D eigenvalue weighted by Gasteiger charge is 2.22. The van der Waals surface area contributed by atoms with E-state index in [9.17, 15) is 9.59 Å². The van der Waals surface area contributed by atoms with E-state index in [0.717, 1.165) is 25.9 Å². The standard InChI is InChI=1S/C22H27N3O3/c1-15(2)28-20-7-5-4-6-18(20)24-21(26)19-14-17(8-11-23-19)22(27)25-12-9-16(3)10-13-25/h4-8,11,14-16H,9-10,12-13H2,1-3H3,(H,24,26). The van der Waals surface area contributed by atoms with Crippen LogP contribution in [0, 0.1) is 5.92 Å². The molecule has 1 fully saturated rings. The molecule has 1 aromatic heterocycles. The number of likely N-dealkylation sites (tertiary alicyclic amines) is 1. The Morgan fingerprint density at radius 3 is 2.61 bits per heavy atom. The molecule has 1 aromatic carbocycles. The summed E-state index contributed by atoms with van der Waals surface area (Å²) >= 11 is 0. The van der Waals surface area contributed by atoms with Crippen LogP contribution in [0.1, 0.15) is 54.5 Å². The van der Waals surface area contributed by atoms with Crippen LogP contribution in [0.4, 0.5) is 5.69 Å². The number of carbonyl (C=O) groups excluding carboxylic acids is 2. The molecule has 1 N–H and O–H groups in total. The molecular formula is C22H27N3O3. The summed E-state index contributed by atoms with van der Waals surface area (Å²) < 4.78 is 5.74. The third-order valence-corrected chi connectivity index (χ3v) is 4.81. The number of amides is 2. The predicted molar refractivity (Wildman–Crippen MR) is 109 cm³/mol. The van der Waals surface area contributed by atoms with Crippen molar-refractivity contribution in [2.24, 2.45) is 5.92 Å². The molecule has 0 aliphatic carbocycles. The van der Waals surface area contributed by atoms with Crippen LogP contribution < -0.4 is 10.1 Å². The van der Waals surface area contributed by atoms with Gasteiger partial charge in [-0.05, 0) is 56.9 Å². The number of piperidine rings is 1. The highest BCUT2D eigenvalue weighted by molar-refractivity contribution is 6.05. The summed E-state index contributed by atoms with van der Waals surface area (Å²) in [6, 6.07) is 10.5. The number of aromatic nitrogens is 1. The van der Waals surface area contributed by atoms with Gasteiger partial charge in [-0.2, -0.15) is 0 Å². The lowest BCUT2D eigenvalue weighted by atomic mass is 9.98. The number of ether oxygens (including phenoxy) is 1. The molecule has 0 atom stereocenters. The molecule has 1 aliphatic rings. The maximum Gasteiger partial charge on any atom is 0.274 e.